The number of unbranched alkanes of at least 4 members (excludes halogenated alkanes) is 6. The van der Waals surface area contributed by atoms with Crippen molar-refractivity contribution in [3.05, 3.63) is 0 Å². The number of rotatable bonds is 19. The maximum absolute atomic E-state index is 11.5. The molecule has 0 saturated carbocycles. The zero-order valence-electron chi connectivity index (χ0n) is 15.2. The molecule has 0 spiro atoms. The lowest BCUT2D eigenvalue weighted by molar-refractivity contribution is -0.145. The number of carbonyl (C=O) groups excluding carboxylic acids is 1. The van der Waals surface area contributed by atoms with E-state index in [1.807, 2.05) is 0 Å². The van der Waals surface area contributed by atoms with Gasteiger partial charge in [-0.15, -0.1) is 11.6 Å². The summed E-state index contributed by atoms with van der Waals surface area (Å²) in [4.78, 5) is 11.5. The van der Waals surface area contributed by atoms with Gasteiger partial charge in [-0.25, -0.2) is 0 Å². The minimum Gasteiger partial charge on any atom is -0.463 e. The molecule has 0 aliphatic heterocycles. The van der Waals surface area contributed by atoms with E-state index >= 15 is 0 Å². The number of ether oxygens (including phenoxy) is 4. The molecule has 0 aromatic heterocycles. The van der Waals surface area contributed by atoms with E-state index in [1.54, 1.807) is 0 Å². The fourth-order valence-corrected chi connectivity index (χ4v) is 2.22. The van der Waals surface area contributed by atoms with E-state index < -0.39 is 0 Å². The fourth-order valence-electron chi connectivity index (χ4n) is 2.11. The van der Waals surface area contributed by atoms with E-state index in [-0.39, 0.29) is 5.97 Å². The normalized spacial score (nSPS) is 10.9. The van der Waals surface area contributed by atoms with E-state index in [0.717, 1.165) is 12.8 Å². The Hall–Kier alpha value is -0.360. The number of alkyl halides is 1. The summed E-state index contributed by atoms with van der Waals surface area (Å²) in [5.41, 5.74) is 0. The molecule has 0 heterocycles. The van der Waals surface area contributed by atoms with Crippen molar-refractivity contribution >= 4 is 17.6 Å². The van der Waals surface area contributed by atoms with Gasteiger partial charge >= 0.3 is 5.97 Å². The van der Waals surface area contributed by atoms with Crippen molar-refractivity contribution in [1.29, 1.82) is 0 Å². The lowest BCUT2D eigenvalue weighted by Gasteiger charge is -2.07. The van der Waals surface area contributed by atoms with Crippen LogP contribution in [0.1, 0.15) is 58.3 Å². The van der Waals surface area contributed by atoms with Crippen molar-refractivity contribution in [3.63, 3.8) is 0 Å². The molecule has 0 aliphatic rings. The van der Waals surface area contributed by atoms with Crippen LogP contribution in [0.5, 0.6) is 0 Å². The van der Waals surface area contributed by atoms with Crippen molar-refractivity contribution in [3.8, 4) is 0 Å². The van der Waals surface area contributed by atoms with E-state index in [0.29, 0.717) is 58.5 Å². The van der Waals surface area contributed by atoms with Crippen molar-refractivity contribution in [1.82, 2.24) is 0 Å². The summed E-state index contributed by atoms with van der Waals surface area (Å²) in [6.07, 6.45) is 8.93. The van der Waals surface area contributed by atoms with Gasteiger partial charge in [0.2, 0.25) is 0 Å². The van der Waals surface area contributed by atoms with Gasteiger partial charge in [0.15, 0.2) is 0 Å². The number of hydrogen-bond donors (Lipinski definition) is 0. The quantitative estimate of drug-likeness (QED) is 0.197. The molecule has 0 amide bonds. The van der Waals surface area contributed by atoms with Gasteiger partial charge in [-0.05, 0) is 6.42 Å². The average Bonchev–Trinajstić information content (AvgIpc) is 2.59. The summed E-state index contributed by atoms with van der Waals surface area (Å²) in [5.74, 6) is 0.376. The predicted octanol–water partition coefficient (Wildman–Crippen LogP) is 3.96. The van der Waals surface area contributed by atoms with Crippen LogP contribution in [0.25, 0.3) is 0 Å². The van der Waals surface area contributed by atoms with Gasteiger partial charge in [0, 0.05) is 12.3 Å². The Morgan fingerprint density at radius 1 is 0.708 bits per heavy atom. The van der Waals surface area contributed by atoms with Crippen molar-refractivity contribution in [2.75, 3.05) is 52.1 Å². The first-order chi connectivity index (χ1) is 11.8. The lowest BCUT2D eigenvalue weighted by atomic mass is 10.1. The van der Waals surface area contributed by atoms with Gasteiger partial charge in [0.25, 0.3) is 0 Å². The third kappa shape index (κ3) is 19.7. The third-order valence-corrected chi connectivity index (χ3v) is 3.59. The van der Waals surface area contributed by atoms with Crippen LogP contribution in [0, 0.1) is 0 Å². The molecule has 0 aromatic rings. The maximum Gasteiger partial charge on any atom is 0.305 e. The fraction of sp³-hybridized carbons (Fsp3) is 0.944. The number of hydrogen-bond acceptors (Lipinski definition) is 5. The molecule has 0 fully saturated rings. The highest BCUT2D eigenvalue weighted by atomic mass is 35.5. The molecule has 0 radical (unpaired) electrons. The third-order valence-electron chi connectivity index (χ3n) is 3.44. The summed E-state index contributed by atoms with van der Waals surface area (Å²) in [7, 11) is 0. The molecule has 0 aliphatic carbocycles. The van der Waals surface area contributed by atoms with Gasteiger partial charge in [-0.3, -0.25) is 4.79 Å². The number of halogens is 1. The maximum atomic E-state index is 11.5. The summed E-state index contributed by atoms with van der Waals surface area (Å²) < 4.78 is 20.9. The number of carbonyl (C=O) groups is 1. The van der Waals surface area contributed by atoms with E-state index in [9.17, 15) is 4.79 Å². The molecule has 5 nitrogen and oxygen atoms in total. The first-order valence-electron chi connectivity index (χ1n) is 9.26. The van der Waals surface area contributed by atoms with E-state index in [2.05, 4.69) is 6.92 Å². The minimum atomic E-state index is -0.125. The molecule has 144 valence electrons. The molecule has 24 heavy (non-hydrogen) atoms. The second-order valence-electron chi connectivity index (χ2n) is 5.62. The van der Waals surface area contributed by atoms with Gasteiger partial charge in [0.1, 0.15) is 6.61 Å². The molecule has 0 atom stereocenters. The Morgan fingerprint density at radius 3 is 1.79 bits per heavy atom. The molecular formula is C18H35ClO5. The summed E-state index contributed by atoms with van der Waals surface area (Å²) in [6, 6.07) is 0. The van der Waals surface area contributed by atoms with Gasteiger partial charge < -0.3 is 18.9 Å². The minimum absolute atomic E-state index is 0.125. The van der Waals surface area contributed by atoms with Crippen molar-refractivity contribution < 1.29 is 23.7 Å². The van der Waals surface area contributed by atoms with Crippen LogP contribution in [-0.4, -0.2) is 58.1 Å². The first-order valence-corrected chi connectivity index (χ1v) is 9.79. The molecule has 0 aromatic carbocycles. The standard InChI is InChI=1S/C18H35ClO5/c1-2-3-4-5-6-7-8-9-18(20)24-17-16-23-15-14-22-13-12-21-11-10-19/h2-17H2,1H3. The van der Waals surface area contributed by atoms with Crippen LogP contribution < -0.4 is 0 Å². The lowest BCUT2D eigenvalue weighted by Crippen LogP contribution is -2.14. The van der Waals surface area contributed by atoms with Crippen LogP contribution in [0.2, 0.25) is 0 Å². The molecule has 0 bridgehead atoms. The Labute approximate surface area is 152 Å². The highest BCUT2D eigenvalue weighted by Gasteiger charge is 2.02. The second kappa shape index (κ2) is 20.7. The van der Waals surface area contributed by atoms with Crippen molar-refractivity contribution in [2.45, 2.75) is 58.3 Å². The Morgan fingerprint density at radius 2 is 1.21 bits per heavy atom. The Bertz CT molecular complexity index is 264. The first kappa shape index (κ1) is 23.6. The molecule has 0 N–H and O–H groups in total. The van der Waals surface area contributed by atoms with Gasteiger partial charge in [-0.1, -0.05) is 45.4 Å². The predicted molar refractivity (Wildman–Crippen MR) is 96.7 cm³/mol. The highest BCUT2D eigenvalue weighted by molar-refractivity contribution is 6.17. The zero-order chi connectivity index (χ0) is 17.7. The van der Waals surface area contributed by atoms with Crippen LogP contribution in [0.15, 0.2) is 0 Å². The highest BCUT2D eigenvalue weighted by Crippen LogP contribution is 2.08. The van der Waals surface area contributed by atoms with Gasteiger partial charge in [-0.2, -0.15) is 0 Å². The van der Waals surface area contributed by atoms with Crippen LogP contribution >= 0.6 is 11.6 Å². The van der Waals surface area contributed by atoms with Gasteiger partial charge in [0.05, 0.1) is 39.6 Å². The SMILES string of the molecule is CCCCCCCCCC(=O)OCCOCCOCCOCCCl. The number of esters is 1. The Balaban J connectivity index is 3.12. The summed E-state index contributed by atoms with van der Waals surface area (Å²) >= 11 is 5.47. The van der Waals surface area contributed by atoms with E-state index in [1.165, 1.54) is 32.1 Å². The Kier molecular flexibility index (Phi) is 20.4. The molecule has 0 saturated heterocycles. The molecule has 0 rings (SSSR count). The monoisotopic (exact) mass is 366 g/mol. The smallest absolute Gasteiger partial charge is 0.305 e. The zero-order valence-corrected chi connectivity index (χ0v) is 16.0. The van der Waals surface area contributed by atoms with E-state index in [4.69, 9.17) is 30.5 Å². The molecule has 0 unspecified atom stereocenters. The largest absolute Gasteiger partial charge is 0.463 e. The average molecular weight is 367 g/mol. The molecular weight excluding hydrogens is 332 g/mol. The molecule has 6 heteroatoms. The second-order valence-corrected chi connectivity index (χ2v) is 6.00. The van der Waals surface area contributed by atoms with Crippen molar-refractivity contribution in [2.24, 2.45) is 0 Å². The topological polar surface area (TPSA) is 54.0 Å². The van der Waals surface area contributed by atoms with Crippen LogP contribution in [0.4, 0.5) is 0 Å². The summed E-state index contributed by atoms with van der Waals surface area (Å²) in [5, 5.41) is 0. The van der Waals surface area contributed by atoms with Crippen LogP contribution in [-0.2, 0) is 23.7 Å². The summed E-state index contributed by atoms with van der Waals surface area (Å²) in [6.45, 7) is 5.57. The van der Waals surface area contributed by atoms with Crippen LogP contribution in [0.3, 0.4) is 0 Å².